The Balaban J connectivity index is 3.04. The van der Waals surface area contributed by atoms with Crippen molar-refractivity contribution >= 4 is 10.0 Å². The molecule has 0 N–H and O–H groups in total. The van der Waals surface area contributed by atoms with Crippen LogP contribution in [0.1, 0.15) is 0 Å². The van der Waals surface area contributed by atoms with E-state index in [4.69, 9.17) is 4.18 Å². The summed E-state index contributed by atoms with van der Waals surface area (Å²) in [5.41, 5.74) is 0. The Bertz CT molecular complexity index is 405. The minimum absolute atomic E-state index is 0.227. The first kappa shape index (κ1) is 10.9. The second-order valence-corrected chi connectivity index (χ2v) is 4.57. The summed E-state index contributed by atoms with van der Waals surface area (Å²) >= 11 is 0. The van der Waals surface area contributed by atoms with Crippen molar-refractivity contribution in [3.05, 3.63) is 43.0 Å². The van der Waals surface area contributed by atoms with Gasteiger partial charge in [0.25, 0.3) is 0 Å². The molecule has 0 bridgehead atoms. The van der Waals surface area contributed by atoms with Crippen molar-refractivity contribution < 1.29 is 8.39 Å². The lowest BCUT2D eigenvalue weighted by Crippen LogP contribution is -2.05. The highest BCUT2D eigenvalue weighted by Crippen LogP contribution is 2.13. The fourth-order valence-electron chi connectivity index (χ4n) is 0.959. The maximum absolute atomic E-state index is 12.1. The van der Waals surface area contributed by atoms with Gasteiger partial charge in [-0.15, -0.1) is 6.58 Å². The number of hydrogen-bond acceptors (Lipinski definition) is 3. The smallest absolute Gasteiger partial charge is 0.193 e. The van der Waals surface area contributed by atoms with Gasteiger partial charge in [-0.3, -0.25) is 4.18 Å². The van der Waals surface area contributed by atoms with Crippen molar-refractivity contribution in [3.63, 3.8) is 0 Å². The topological polar surface area (TPSA) is 38.7 Å². The van der Waals surface area contributed by atoms with Crippen LogP contribution in [0.25, 0.3) is 0 Å². The molecule has 0 saturated heterocycles. The first-order valence-corrected chi connectivity index (χ1v) is 5.62. The van der Waals surface area contributed by atoms with Crippen LogP contribution in [0.2, 0.25) is 0 Å². The van der Waals surface area contributed by atoms with Crippen LogP contribution < -0.4 is 0 Å². The monoisotopic (exact) mass is 211 g/mol. The largest absolute Gasteiger partial charge is 0.277 e. The summed E-state index contributed by atoms with van der Waals surface area (Å²) < 4.78 is 21.0. The summed E-state index contributed by atoms with van der Waals surface area (Å²) in [6.07, 6.45) is 1.55. The summed E-state index contributed by atoms with van der Waals surface area (Å²) in [6.45, 7) is 3.73. The molecule has 0 aliphatic carbocycles. The van der Waals surface area contributed by atoms with E-state index < -0.39 is 10.0 Å². The Hall–Kier alpha value is -1.13. The van der Waals surface area contributed by atoms with Crippen molar-refractivity contribution in [2.75, 3.05) is 13.7 Å². The summed E-state index contributed by atoms with van der Waals surface area (Å²) in [6, 6.07) is 8.93. The van der Waals surface area contributed by atoms with Crippen LogP contribution in [0, 0.1) is 0 Å². The summed E-state index contributed by atoms with van der Waals surface area (Å²) in [5.74, 6) is 0. The molecule has 1 unspecified atom stereocenters. The molecule has 1 rings (SSSR count). The molecule has 0 heterocycles. The third-order valence-corrected chi connectivity index (χ3v) is 3.43. The van der Waals surface area contributed by atoms with Crippen LogP contribution in [0.5, 0.6) is 0 Å². The number of rotatable bonds is 4. The Morgan fingerprint density at radius 1 is 1.50 bits per heavy atom. The van der Waals surface area contributed by atoms with E-state index in [1.54, 1.807) is 30.3 Å². The maximum Gasteiger partial charge on any atom is 0.193 e. The van der Waals surface area contributed by atoms with Crippen LogP contribution >= 0.6 is 0 Å². The molecule has 0 spiro atoms. The van der Waals surface area contributed by atoms with Gasteiger partial charge in [-0.2, -0.15) is 0 Å². The van der Waals surface area contributed by atoms with Gasteiger partial charge in [0.05, 0.1) is 11.5 Å². The average molecular weight is 211 g/mol. The Morgan fingerprint density at radius 2 is 2.14 bits per heavy atom. The van der Waals surface area contributed by atoms with E-state index in [0.29, 0.717) is 4.90 Å². The predicted molar refractivity (Wildman–Crippen MR) is 57.4 cm³/mol. The van der Waals surface area contributed by atoms with Gasteiger partial charge >= 0.3 is 0 Å². The van der Waals surface area contributed by atoms with Gasteiger partial charge in [0.1, 0.15) is 0 Å². The minimum atomic E-state index is -2.71. The highest BCUT2D eigenvalue weighted by atomic mass is 32.2. The molecule has 0 saturated carbocycles. The van der Waals surface area contributed by atoms with E-state index in [2.05, 4.69) is 10.9 Å². The fraction of sp³-hybridized carbons (Fsp3) is 0.200. The lowest BCUT2D eigenvalue weighted by molar-refractivity contribution is 0.387. The molecule has 14 heavy (non-hydrogen) atoms. The van der Waals surface area contributed by atoms with Crippen LogP contribution in [0.15, 0.2) is 52.2 Å². The molecule has 1 atom stereocenters. The van der Waals surface area contributed by atoms with Crippen LogP contribution in [-0.4, -0.2) is 17.9 Å². The standard InChI is InChI=1S/C10H13NO2S/c1-3-9-13-14(12,11-2)10-7-5-4-6-8-10/h3-8H,1,9H2,2H3. The molecule has 0 aliphatic rings. The zero-order chi connectivity index (χ0) is 10.4. The van der Waals surface area contributed by atoms with Gasteiger partial charge in [0.2, 0.25) is 0 Å². The van der Waals surface area contributed by atoms with Gasteiger partial charge in [-0.05, 0) is 12.1 Å². The second kappa shape index (κ2) is 4.93. The van der Waals surface area contributed by atoms with E-state index in [1.165, 1.54) is 7.05 Å². The fourth-order valence-corrected chi connectivity index (χ4v) is 2.19. The Labute approximate surface area is 84.8 Å². The lowest BCUT2D eigenvalue weighted by atomic mass is 10.4. The molecule has 76 valence electrons. The third-order valence-electron chi connectivity index (χ3n) is 1.63. The molecule has 0 aromatic heterocycles. The van der Waals surface area contributed by atoms with Crippen molar-refractivity contribution in [2.45, 2.75) is 4.90 Å². The summed E-state index contributed by atoms with van der Waals surface area (Å²) in [4.78, 5) is 0.587. The quantitative estimate of drug-likeness (QED) is 0.716. The number of nitrogens with zero attached hydrogens (tertiary/aromatic N) is 1. The first-order chi connectivity index (χ1) is 6.73. The van der Waals surface area contributed by atoms with Crippen LogP contribution in [-0.2, 0) is 14.2 Å². The maximum atomic E-state index is 12.1. The van der Waals surface area contributed by atoms with E-state index in [0.717, 1.165) is 0 Å². The minimum Gasteiger partial charge on any atom is -0.277 e. The summed E-state index contributed by atoms with van der Waals surface area (Å²) in [5, 5.41) is 0. The van der Waals surface area contributed by atoms with Gasteiger partial charge < -0.3 is 0 Å². The molecule has 1 aromatic rings. The van der Waals surface area contributed by atoms with Crippen molar-refractivity contribution in [2.24, 2.45) is 4.36 Å². The van der Waals surface area contributed by atoms with Crippen molar-refractivity contribution in [1.82, 2.24) is 0 Å². The number of benzene rings is 1. The molecule has 3 nitrogen and oxygen atoms in total. The average Bonchev–Trinajstić information content (AvgIpc) is 2.27. The number of hydrogen-bond donors (Lipinski definition) is 0. The Kier molecular flexibility index (Phi) is 3.85. The molecule has 0 amide bonds. The van der Waals surface area contributed by atoms with Gasteiger partial charge in [0.15, 0.2) is 10.0 Å². The Morgan fingerprint density at radius 3 is 2.64 bits per heavy atom. The molecule has 0 aliphatic heterocycles. The van der Waals surface area contributed by atoms with Gasteiger partial charge in [-0.1, -0.05) is 24.3 Å². The summed E-state index contributed by atoms with van der Waals surface area (Å²) in [7, 11) is -1.23. The lowest BCUT2D eigenvalue weighted by Gasteiger charge is -2.07. The van der Waals surface area contributed by atoms with E-state index >= 15 is 0 Å². The van der Waals surface area contributed by atoms with Crippen LogP contribution in [0.3, 0.4) is 0 Å². The SMILES string of the molecule is C=CCOS(=O)(=NC)c1ccccc1. The molecular formula is C10H13NO2S. The normalized spacial score (nSPS) is 14.4. The molecule has 1 aromatic carbocycles. The van der Waals surface area contributed by atoms with Crippen molar-refractivity contribution in [3.8, 4) is 0 Å². The van der Waals surface area contributed by atoms with Crippen molar-refractivity contribution in [1.29, 1.82) is 0 Å². The molecule has 0 radical (unpaired) electrons. The van der Waals surface area contributed by atoms with Gasteiger partial charge in [0, 0.05) is 7.05 Å². The van der Waals surface area contributed by atoms with E-state index in [-0.39, 0.29) is 6.61 Å². The van der Waals surface area contributed by atoms with E-state index in [1.807, 2.05) is 6.07 Å². The third kappa shape index (κ3) is 2.43. The van der Waals surface area contributed by atoms with Crippen LogP contribution in [0.4, 0.5) is 0 Å². The molecular weight excluding hydrogens is 198 g/mol. The highest BCUT2D eigenvalue weighted by molar-refractivity contribution is 7.89. The van der Waals surface area contributed by atoms with Gasteiger partial charge in [-0.25, -0.2) is 8.57 Å². The predicted octanol–water partition coefficient (Wildman–Crippen LogP) is 2.26. The molecule has 4 heteroatoms. The van der Waals surface area contributed by atoms with E-state index in [9.17, 15) is 4.21 Å². The molecule has 0 fully saturated rings. The zero-order valence-corrected chi connectivity index (χ0v) is 8.87. The second-order valence-electron chi connectivity index (χ2n) is 2.54. The first-order valence-electron chi connectivity index (χ1n) is 4.18. The zero-order valence-electron chi connectivity index (χ0n) is 8.05. The highest BCUT2D eigenvalue weighted by Gasteiger charge is 2.10.